The Kier molecular flexibility index (Phi) is 15.5. The van der Waals surface area contributed by atoms with Gasteiger partial charge in [0.25, 0.3) is 0 Å². The summed E-state index contributed by atoms with van der Waals surface area (Å²) in [4.78, 5) is 39.1. The van der Waals surface area contributed by atoms with Crippen molar-refractivity contribution in [1.82, 2.24) is 9.97 Å². The number of carbonyl (C=O) groups excluding carboxylic acids is 1. The van der Waals surface area contributed by atoms with E-state index in [1.807, 2.05) is 68.4 Å². The van der Waals surface area contributed by atoms with Crippen molar-refractivity contribution in [3.8, 4) is 42.9 Å². The molecule has 0 fully saturated rings. The number of ether oxygens (including phenoxy) is 3. The zero-order valence-corrected chi connectivity index (χ0v) is 34.8. The Hall–Kier alpha value is -5.76. The van der Waals surface area contributed by atoms with Crippen molar-refractivity contribution in [1.29, 1.82) is 0 Å². The molecule has 0 spiro atoms. The third-order valence-electron chi connectivity index (χ3n) is 7.96. The van der Waals surface area contributed by atoms with Gasteiger partial charge in [0.15, 0.2) is 0 Å². The Morgan fingerprint density at radius 2 is 1.29 bits per heavy atom. The molecule has 0 radical (unpaired) electrons. The zero-order chi connectivity index (χ0) is 40.9. The maximum atomic E-state index is 11.8. The molecule has 284 valence electrons. The second-order valence-electron chi connectivity index (χ2n) is 11.7. The van der Waals surface area contributed by atoms with Crippen LogP contribution in [0, 0.1) is 33.9 Å². The first kappa shape index (κ1) is 43.0. The standard InChI is InChI=1S/C19H14N2O3Se.C15H14N2O2Se.C7H9BO3/c1-11-17(19(22)23)25-18(21-11)13-7-8-15(16(10-13)20-2)12-5-4-6-14(9-12)24-3;1-5-19-15(18)13-10(3)17-14(20-13)11-7-6-9(2)12(8-11)16-4;1-11-7-4-2-3-6(5-7)8(9)10/h4-10H,1,3H3,(H,22,23);6-8H,5H2,1-3H3;2-5,9-10H,1H3. The van der Waals surface area contributed by atoms with E-state index in [-0.39, 0.29) is 35.0 Å². The van der Waals surface area contributed by atoms with E-state index < -0.39 is 13.1 Å². The molecule has 2 aromatic heterocycles. The predicted octanol–water partition coefficient (Wildman–Crippen LogP) is 6.56. The molecule has 12 nitrogen and oxygen atoms in total. The molecule has 3 N–H and O–H groups in total. The van der Waals surface area contributed by atoms with Crippen LogP contribution in [0.5, 0.6) is 11.5 Å². The summed E-state index contributed by atoms with van der Waals surface area (Å²) in [6.45, 7) is 22.3. The van der Waals surface area contributed by atoms with Gasteiger partial charge in [0.2, 0.25) is 0 Å². The molecular formula is C41H37BN4O8Se2. The summed E-state index contributed by atoms with van der Waals surface area (Å²) < 4.78 is 17.8. The number of aromatic carboxylic acids is 1. The summed E-state index contributed by atoms with van der Waals surface area (Å²) in [5.41, 5.74) is 7.22. The average molecular weight is 882 g/mol. The summed E-state index contributed by atoms with van der Waals surface area (Å²) in [5.74, 6) is 0.151. The van der Waals surface area contributed by atoms with Crippen molar-refractivity contribution in [3.63, 3.8) is 0 Å². The fourth-order valence-corrected chi connectivity index (χ4v) is 8.98. The monoisotopic (exact) mass is 884 g/mol. The van der Waals surface area contributed by atoms with Crippen molar-refractivity contribution < 1.29 is 39.0 Å². The van der Waals surface area contributed by atoms with E-state index in [0.29, 0.717) is 43.8 Å². The van der Waals surface area contributed by atoms with Crippen LogP contribution in [0.3, 0.4) is 0 Å². The molecule has 0 aliphatic rings. The first-order valence-electron chi connectivity index (χ1n) is 16.8. The van der Waals surface area contributed by atoms with E-state index in [4.69, 9.17) is 37.4 Å². The quantitative estimate of drug-likeness (QED) is 0.0826. The summed E-state index contributed by atoms with van der Waals surface area (Å²) in [6.07, 6.45) is 0. The van der Waals surface area contributed by atoms with Crippen molar-refractivity contribution in [2.24, 2.45) is 0 Å². The molecule has 4 aromatic carbocycles. The van der Waals surface area contributed by atoms with Crippen molar-refractivity contribution in [2.75, 3.05) is 20.8 Å². The van der Waals surface area contributed by atoms with Gasteiger partial charge in [-0.25, -0.2) is 0 Å². The van der Waals surface area contributed by atoms with Crippen LogP contribution in [-0.4, -0.2) is 94.0 Å². The number of carboxylic acid groups (broad SMARTS) is 1. The van der Waals surface area contributed by atoms with Gasteiger partial charge in [0.1, 0.15) is 5.75 Å². The van der Waals surface area contributed by atoms with Crippen LogP contribution < -0.4 is 14.9 Å². The molecule has 0 amide bonds. The molecule has 6 rings (SSSR count). The second kappa shape index (κ2) is 20.2. The van der Waals surface area contributed by atoms with Crippen molar-refractivity contribution in [3.05, 3.63) is 134 Å². The number of aromatic nitrogens is 2. The van der Waals surface area contributed by atoms with Crippen LogP contribution >= 0.6 is 0 Å². The summed E-state index contributed by atoms with van der Waals surface area (Å²) in [7, 11) is 1.71. The number of benzene rings is 4. The zero-order valence-electron chi connectivity index (χ0n) is 31.4. The number of carbonyl (C=O) groups is 2. The van der Waals surface area contributed by atoms with Crippen LogP contribution in [0.1, 0.15) is 42.3 Å². The molecule has 15 heteroatoms. The summed E-state index contributed by atoms with van der Waals surface area (Å²) in [6, 6.07) is 25.4. The van der Waals surface area contributed by atoms with Crippen molar-refractivity contribution in [2.45, 2.75) is 27.7 Å². The van der Waals surface area contributed by atoms with E-state index in [1.54, 1.807) is 51.3 Å². The third kappa shape index (κ3) is 10.9. The van der Waals surface area contributed by atoms with Gasteiger partial charge in [-0.3, -0.25) is 0 Å². The predicted molar refractivity (Wildman–Crippen MR) is 218 cm³/mol. The molecule has 6 aromatic rings. The van der Waals surface area contributed by atoms with Crippen molar-refractivity contribution >= 4 is 64.9 Å². The number of rotatable bonds is 9. The van der Waals surface area contributed by atoms with Crippen LogP contribution in [-0.2, 0) is 4.74 Å². The molecule has 0 saturated heterocycles. The van der Waals surface area contributed by atoms with Crippen LogP contribution in [0.2, 0.25) is 0 Å². The van der Waals surface area contributed by atoms with E-state index in [1.165, 1.54) is 7.11 Å². The third-order valence-corrected chi connectivity index (χ3v) is 13.0. The minimum atomic E-state index is -1.43. The normalized spacial score (nSPS) is 10.0. The fourth-order valence-electron chi connectivity index (χ4n) is 5.08. The van der Waals surface area contributed by atoms with E-state index in [0.717, 1.165) is 48.4 Å². The number of nitrogens with zero attached hydrogens (tertiary/aromatic N) is 4. The Labute approximate surface area is 337 Å². The van der Waals surface area contributed by atoms with Gasteiger partial charge >= 0.3 is 281 Å². The van der Waals surface area contributed by atoms with Gasteiger partial charge in [0, 0.05) is 0 Å². The Bertz CT molecular complexity index is 2430. The van der Waals surface area contributed by atoms with Gasteiger partial charge in [0.05, 0.1) is 7.11 Å². The fraction of sp³-hybridized carbons (Fsp3) is 0.171. The Balaban J connectivity index is 0.000000200. The van der Waals surface area contributed by atoms with E-state index in [9.17, 15) is 14.7 Å². The first-order chi connectivity index (χ1) is 26.8. The molecule has 0 atom stereocenters. The average Bonchev–Trinajstić information content (AvgIpc) is 3.81. The molecule has 2 heterocycles. The maximum absolute atomic E-state index is 11.8. The van der Waals surface area contributed by atoms with Gasteiger partial charge in [-0.1, -0.05) is 12.1 Å². The molecule has 56 heavy (non-hydrogen) atoms. The summed E-state index contributed by atoms with van der Waals surface area (Å²) in [5, 5.41) is 26.7. The van der Waals surface area contributed by atoms with Gasteiger partial charge in [-0.15, -0.1) is 0 Å². The number of hydrogen-bond acceptors (Lipinski definition) is 9. The van der Waals surface area contributed by atoms with Crippen LogP contribution in [0.4, 0.5) is 11.4 Å². The number of aryl methyl sites for hydroxylation is 3. The van der Waals surface area contributed by atoms with Crippen LogP contribution in [0.25, 0.3) is 41.1 Å². The molecule has 0 unspecified atom stereocenters. The Morgan fingerprint density at radius 1 is 0.732 bits per heavy atom. The van der Waals surface area contributed by atoms with E-state index >= 15 is 0 Å². The topological polar surface area (TPSA) is 157 Å². The number of hydrogen-bond donors (Lipinski definition) is 3. The van der Waals surface area contributed by atoms with Crippen LogP contribution in [0.15, 0.2) is 84.9 Å². The van der Waals surface area contributed by atoms with Gasteiger partial charge < -0.3 is 14.8 Å². The Morgan fingerprint density at radius 3 is 1.84 bits per heavy atom. The van der Waals surface area contributed by atoms with Gasteiger partial charge in [-0.2, -0.15) is 0 Å². The number of methoxy groups -OCH3 is 2. The van der Waals surface area contributed by atoms with Gasteiger partial charge in [-0.05, 0) is 17.6 Å². The molecular weight excluding hydrogens is 845 g/mol. The van der Waals surface area contributed by atoms with E-state index in [2.05, 4.69) is 19.7 Å². The molecule has 0 aliphatic carbocycles. The SMILES string of the molecule is COc1cccc(B(O)O)c1.[C-]#[N+]c1cc(-c2nc(C)c(C(=O)O)[se]2)ccc1-c1cccc(OC)c1.[C-]#[N+]c1cc(-c2nc(C)c(C(=O)OCC)[se]2)ccc1C. The molecule has 0 aliphatic heterocycles. The minimum absolute atomic E-state index is 0.162. The first-order valence-corrected chi connectivity index (χ1v) is 20.3. The second-order valence-corrected chi connectivity index (χ2v) is 15.9. The number of carboxylic acids is 1. The summed E-state index contributed by atoms with van der Waals surface area (Å²) >= 11 is -0.516. The number of esters is 1. The molecule has 0 bridgehead atoms. The molecule has 0 saturated carbocycles.